The van der Waals surface area contributed by atoms with E-state index in [1.165, 1.54) is 0 Å². The van der Waals surface area contributed by atoms with Crippen molar-refractivity contribution in [2.45, 2.75) is 45.4 Å². The molecule has 1 saturated heterocycles. The van der Waals surface area contributed by atoms with Gasteiger partial charge in [0.25, 0.3) is 0 Å². The van der Waals surface area contributed by atoms with Gasteiger partial charge in [-0.2, -0.15) is 0 Å². The maximum Gasteiger partial charge on any atom is 0.508 e. The minimum Gasteiger partial charge on any atom is -0.444 e. The van der Waals surface area contributed by atoms with Gasteiger partial charge >= 0.3 is 12.2 Å². The third kappa shape index (κ3) is 3.96. The highest BCUT2D eigenvalue weighted by molar-refractivity contribution is 5.68. The van der Waals surface area contributed by atoms with Crippen LogP contribution >= 0.6 is 0 Å². The minimum absolute atomic E-state index is 0.0965. The molecule has 16 heavy (non-hydrogen) atoms. The van der Waals surface area contributed by atoms with E-state index >= 15 is 0 Å². The third-order valence-electron chi connectivity index (χ3n) is 1.93. The van der Waals surface area contributed by atoms with E-state index in [0.29, 0.717) is 0 Å². The summed E-state index contributed by atoms with van der Waals surface area (Å²) in [5.41, 5.74) is -0.556. The van der Waals surface area contributed by atoms with Crippen LogP contribution in [-0.2, 0) is 14.2 Å². The Bertz CT molecular complexity index is 283. The molecule has 0 aromatic rings. The van der Waals surface area contributed by atoms with Crippen LogP contribution in [0.25, 0.3) is 0 Å². The maximum atomic E-state index is 11.4. The summed E-state index contributed by atoms with van der Waals surface area (Å²) in [6, 6.07) is -0.382. The zero-order valence-corrected chi connectivity index (χ0v) is 9.90. The Morgan fingerprint density at radius 2 is 2.12 bits per heavy atom. The average molecular weight is 231 g/mol. The molecule has 1 rings (SSSR count). The van der Waals surface area contributed by atoms with E-state index in [1.54, 1.807) is 27.7 Å². The Labute approximate surface area is 94.2 Å². The van der Waals surface area contributed by atoms with Crippen molar-refractivity contribution in [2.75, 3.05) is 6.61 Å². The molecule has 1 amide bonds. The SMILES string of the molecule is CC1OC(=O)OCC1NC(=O)OC(C)(C)C. The van der Waals surface area contributed by atoms with Crippen LogP contribution in [0.15, 0.2) is 0 Å². The van der Waals surface area contributed by atoms with E-state index in [2.05, 4.69) is 10.1 Å². The fraction of sp³-hybridized carbons (Fsp3) is 0.800. The van der Waals surface area contributed by atoms with Crippen LogP contribution in [0, 0.1) is 0 Å². The molecule has 1 heterocycles. The first-order chi connectivity index (χ1) is 7.28. The number of cyclic esters (lactones) is 2. The molecule has 0 saturated carbocycles. The van der Waals surface area contributed by atoms with Gasteiger partial charge in [-0.05, 0) is 27.7 Å². The van der Waals surface area contributed by atoms with E-state index in [-0.39, 0.29) is 12.6 Å². The van der Waals surface area contributed by atoms with Gasteiger partial charge in [-0.1, -0.05) is 0 Å². The quantitative estimate of drug-likeness (QED) is 0.691. The van der Waals surface area contributed by atoms with Gasteiger partial charge in [0.05, 0.1) is 0 Å². The van der Waals surface area contributed by atoms with Crippen molar-refractivity contribution >= 4 is 12.2 Å². The van der Waals surface area contributed by atoms with Gasteiger partial charge in [-0.15, -0.1) is 0 Å². The van der Waals surface area contributed by atoms with Crippen LogP contribution in [0.1, 0.15) is 27.7 Å². The first kappa shape index (κ1) is 12.6. The number of nitrogens with one attached hydrogen (secondary N) is 1. The summed E-state index contributed by atoms with van der Waals surface area (Å²) in [6.07, 6.45) is -1.69. The number of carbonyl (C=O) groups excluding carboxylic acids is 2. The van der Waals surface area contributed by atoms with Gasteiger partial charge in [-0.25, -0.2) is 9.59 Å². The molecule has 1 aliphatic rings. The lowest BCUT2D eigenvalue weighted by atomic mass is 10.2. The van der Waals surface area contributed by atoms with Crippen LogP contribution in [0.2, 0.25) is 0 Å². The topological polar surface area (TPSA) is 73.9 Å². The summed E-state index contributed by atoms with van der Waals surface area (Å²) >= 11 is 0. The molecule has 0 aliphatic carbocycles. The van der Waals surface area contributed by atoms with Crippen molar-refractivity contribution in [2.24, 2.45) is 0 Å². The fourth-order valence-electron chi connectivity index (χ4n) is 1.18. The molecule has 0 radical (unpaired) electrons. The molecule has 92 valence electrons. The molecule has 0 aromatic heterocycles. The van der Waals surface area contributed by atoms with Crippen molar-refractivity contribution < 1.29 is 23.8 Å². The van der Waals surface area contributed by atoms with Gasteiger partial charge in [-0.3, -0.25) is 0 Å². The van der Waals surface area contributed by atoms with Crippen LogP contribution in [0.4, 0.5) is 9.59 Å². The van der Waals surface area contributed by atoms with E-state index in [9.17, 15) is 9.59 Å². The first-order valence-corrected chi connectivity index (χ1v) is 5.11. The zero-order valence-electron chi connectivity index (χ0n) is 9.90. The number of hydrogen-bond donors (Lipinski definition) is 1. The Morgan fingerprint density at radius 1 is 1.50 bits per heavy atom. The Morgan fingerprint density at radius 3 is 2.62 bits per heavy atom. The third-order valence-corrected chi connectivity index (χ3v) is 1.93. The maximum absolute atomic E-state index is 11.4. The molecule has 6 nitrogen and oxygen atoms in total. The number of carbonyl (C=O) groups is 2. The predicted molar refractivity (Wildman–Crippen MR) is 55.1 cm³/mol. The minimum atomic E-state index is -0.713. The second-order valence-electron chi connectivity index (χ2n) is 4.64. The Balaban J connectivity index is 2.42. The van der Waals surface area contributed by atoms with Gasteiger partial charge in [0, 0.05) is 0 Å². The van der Waals surface area contributed by atoms with E-state index in [4.69, 9.17) is 9.47 Å². The molecular formula is C10H17NO5. The van der Waals surface area contributed by atoms with Crippen molar-refractivity contribution in [3.05, 3.63) is 0 Å². The van der Waals surface area contributed by atoms with Crippen LogP contribution in [0.3, 0.4) is 0 Å². The molecule has 1 aliphatic heterocycles. The molecule has 2 atom stereocenters. The molecular weight excluding hydrogens is 214 g/mol. The van der Waals surface area contributed by atoms with Gasteiger partial charge in [0.2, 0.25) is 0 Å². The highest BCUT2D eigenvalue weighted by Gasteiger charge is 2.31. The van der Waals surface area contributed by atoms with Crippen molar-refractivity contribution in [3.8, 4) is 0 Å². The lowest BCUT2D eigenvalue weighted by molar-refractivity contribution is -0.0389. The monoisotopic (exact) mass is 231 g/mol. The molecule has 1 fully saturated rings. The predicted octanol–water partition coefficient (Wildman–Crippen LogP) is 1.43. The van der Waals surface area contributed by atoms with Gasteiger partial charge in [0.1, 0.15) is 24.4 Å². The van der Waals surface area contributed by atoms with E-state index in [1.807, 2.05) is 0 Å². The second kappa shape index (κ2) is 4.59. The molecule has 0 spiro atoms. The van der Waals surface area contributed by atoms with Gasteiger partial charge < -0.3 is 19.5 Å². The van der Waals surface area contributed by atoms with E-state index < -0.39 is 24.0 Å². The van der Waals surface area contributed by atoms with Crippen molar-refractivity contribution in [3.63, 3.8) is 0 Å². The molecule has 0 aromatic carbocycles. The summed E-state index contributed by atoms with van der Waals surface area (Å²) in [7, 11) is 0. The van der Waals surface area contributed by atoms with Crippen molar-refractivity contribution in [1.82, 2.24) is 5.32 Å². The lowest BCUT2D eigenvalue weighted by Gasteiger charge is -2.29. The lowest BCUT2D eigenvalue weighted by Crippen LogP contribution is -2.51. The Hall–Kier alpha value is -1.46. The first-order valence-electron chi connectivity index (χ1n) is 5.11. The summed E-state index contributed by atoms with van der Waals surface area (Å²) in [5, 5.41) is 2.58. The summed E-state index contributed by atoms with van der Waals surface area (Å²) in [4.78, 5) is 22.2. The second-order valence-corrected chi connectivity index (χ2v) is 4.64. The van der Waals surface area contributed by atoms with E-state index in [0.717, 1.165) is 0 Å². The molecule has 0 bridgehead atoms. The molecule has 1 N–H and O–H groups in total. The fourth-order valence-corrected chi connectivity index (χ4v) is 1.18. The van der Waals surface area contributed by atoms with Crippen LogP contribution in [-0.4, -0.2) is 36.6 Å². The smallest absolute Gasteiger partial charge is 0.444 e. The van der Waals surface area contributed by atoms with Crippen LogP contribution < -0.4 is 5.32 Å². The summed E-state index contributed by atoms with van der Waals surface area (Å²) in [6.45, 7) is 7.09. The van der Waals surface area contributed by atoms with Gasteiger partial charge in [0.15, 0.2) is 0 Å². The normalized spacial score (nSPS) is 25.4. The van der Waals surface area contributed by atoms with Crippen molar-refractivity contribution in [1.29, 1.82) is 0 Å². The highest BCUT2D eigenvalue weighted by atomic mass is 16.7. The molecule has 6 heteroatoms. The average Bonchev–Trinajstić information content (AvgIpc) is 2.06. The van der Waals surface area contributed by atoms with Crippen LogP contribution in [0.5, 0.6) is 0 Å². The number of ether oxygens (including phenoxy) is 3. The number of rotatable bonds is 1. The summed E-state index contributed by atoms with van der Waals surface area (Å²) in [5.74, 6) is 0. The number of alkyl carbamates (subject to hydrolysis) is 1. The zero-order chi connectivity index (χ0) is 12.3. The highest BCUT2D eigenvalue weighted by Crippen LogP contribution is 2.11. The Kier molecular flexibility index (Phi) is 3.62. The largest absolute Gasteiger partial charge is 0.508 e. The standard InChI is InChI=1S/C10H17NO5/c1-6-7(5-14-9(13)15-6)11-8(12)16-10(2,3)4/h6-7H,5H2,1-4H3,(H,11,12). The number of amides is 1. The number of hydrogen-bond acceptors (Lipinski definition) is 5. The summed E-state index contributed by atoms with van der Waals surface area (Å²) < 4.78 is 14.5. The molecule has 2 unspecified atom stereocenters.